The Morgan fingerprint density at radius 3 is 1.55 bits per heavy atom. The fraction of sp³-hybridized carbons (Fsp3) is 0.768. The number of piperidine rings is 1. The predicted octanol–water partition coefficient (Wildman–Crippen LogP) is 4.85. The van der Waals surface area contributed by atoms with Crippen molar-refractivity contribution in [1.82, 2.24) is 67.0 Å². The lowest BCUT2D eigenvalue weighted by Crippen LogP contribution is -2.59. The summed E-state index contributed by atoms with van der Waals surface area (Å²) in [7, 11) is 0. The van der Waals surface area contributed by atoms with Crippen molar-refractivity contribution in [3.05, 3.63) is 45.9 Å². The summed E-state index contributed by atoms with van der Waals surface area (Å²) in [5.41, 5.74) is 5.64. The molecule has 1 fully saturated rings. The van der Waals surface area contributed by atoms with Gasteiger partial charge in [-0.3, -0.25) is 52.7 Å². The Kier molecular flexibility index (Phi) is 48.1. The van der Waals surface area contributed by atoms with E-state index in [1.54, 1.807) is 0 Å². The lowest BCUT2D eigenvalue weighted by molar-refractivity contribution is -0.132. The zero-order chi connectivity index (χ0) is 86.1. The summed E-state index contributed by atoms with van der Waals surface area (Å²) in [5, 5.41) is 23.4. The van der Waals surface area contributed by atoms with Crippen molar-refractivity contribution in [3.8, 4) is 6.01 Å². The first-order chi connectivity index (χ1) is 55.6. The van der Waals surface area contributed by atoms with Gasteiger partial charge in [-0.25, -0.2) is 10.7 Å². The number of likely N-dealkylation sites (tertiary alicyclic amines) is 1. The first-order valence-electron chi connectivity index (χ1n) is 41.7. The second-order valence-electron chi connectivity index (χ2n) is 33.3. The molecular formula is C82H143N15O20. The van der Waals surface area contributed by atoms with E-state index in [2.05, 4.69) is 86.3 Å². The summed E-state index contributed by atoms with van der Waals surface area (Å²) >= 11 is 0. The number of carbonyl (C=O) groups is 8. The maximum Gasteiger partial charge on any atom is 0.328 e. The van der Waals surface area contributed by atoms with Crippen LogP contribution in [-0.2, 0) is 98.9 Å². The lowest BCUT2D eigenvalue weighted by atomic mass is 9.93. The number of ether oxygens (including phenoxy) is 10. The number of rotatable bonds is 64. The number of anilines is 1. The zero-order valence-electron chi connectivity index (χ0n) is 72.3. The van der Waals surface area contributed by atoms with Crippen molar-refractivity contribution in [1.29, 1.82) is 0 Å². The van der Waals surface area contributed by atoms with Gasteiger partial charge in [0.15, 0.2) is 11.5 Å². The zero-order valence-corrected chi connectivity index (χ0v) is 72.3. The molecule has 0 aliphatic carbocycles. The summed E-state index contributed by atoms with van der Waals surface area (Å²) in [6.45, 7) is 31.8. The molecule has 3 aromatic rings. The number of fused-ring (bicyclic) bond motifs is 1. The Morgan fingerprint density at radius 1 is 0.530 bits per heavy atom. The summed E-state index contributed by atoms with van der Waals surface area (Å²) in [4.78, 5) is 135. The monoisotopic (exact) mass is 1660 g/mol. The van der Waals surface area contributed by atoms with Gasteiger partial charge >= 0.3 is 11.7 Å². The minimum atomic E-state index is -1.31. The van der Waals surface area contributed by atoms with Gasteiger partial charge in [0.25, 0.3) is 0 Å². The van der Waals surface area contributed by atoms with Crippen molar-refractivity contribution in [3.63, 3.8) is 0 Å². The Bertz CT molecular complexity index is 3390. The smallest absolute Gasteiger partial charge is 0.328 e. The van der Waals surface area contributed by atoms with Crippen molar-refractivity contribution in [2.45, 2.75) is 252 Å². The average Bonchev–Trinajstić information content (AvgIpc) is 1.62. The number of hydrogen-bond acceptors (Lipinski definition) is 25. The molecule has 3 heterocycles. The molecule has 2 aromatic heterocycles. The number of amides is 8. The molecule has 35 heteroatoms. The number of unbranched alkanes of at least 4 members (excludes halogenated alkanes) is 2. The maximum atomic E-state index is 13.7. The van der Waals surface area contributed by atoms with Crippen LogP contribution < -0.4 is 64.6 Å². The topological polar surface area (TPSA) is 453 Å². The van der Waals surface area contributed by atoms with E-state index < -0.39 is 41.1 Å². The van der Waals surface area contributed by atoms with E-state index in [0.29, 0.717) is 115 Å². The largest absolute Gasteiger partial charge is 0.463 e. The molecular weight excluding hydrogens is 1510 g/mol. The lowest BCUT2D eigenvalue weighted by Gasteiger charge is -2.34. The highest BCUT2D eigenvalue weighted by Crippen LogP contribution is 2.24. The van der Waals surface area contributed by atoms with E-state index in [1.165, 1.54) is 4.57 Å². The number of hydrogen-bond donors (Lipinski definition) is 11. The predicted molar refractivity (Wildman–Crippen MR) is 443 cm³/mol. The number of nitrogens with one attached hydrogen (secondary N) is 9. The van der Waals surface area contributed by atoms with Gasteiger partial charge in [0.1, 0.15) is 23.7 Å². The highest BCUT2D eigenvalue weighted by Gasteiger charge is 2.35. The van der Waals surface area contributed by atoms with E-state index in [0.717, 1.165) is 62.9 Å². The van der Waals surface area contributed by atoms with Crippen molar-refractivity contribution in [2.24, 2.45) is 11.8 Å². The molecule has 35 nitrogen and oxygen atoms in total. The molecule has 4 rings (SSSR count). The summed E-state index contributed by atoms with van der Waals surface area (Å²) < 4.78 is 59.9. The van der Waals surface area contributed by atoms with Crippen LogP contribution in [0, 0.1) is 5.92 Å². The van der Waals surface area contributed by atoms with Gasteiger partial charge in [-0.05, 0) is 177 Å². The van der Waals surface area contributed by atoms with Crippen LogP contribution in [0.1, 0.15) is 210 Å². The number of carbonyl (C=O) groups excluding carboxylic acids is 8. The Hall–Kier alpha value is -7.55. The number of H-pyrrole nitrogens is 1. The number of nitrogen functional groups attached to an aromatic ring is 1. The molecule has 13 N–H and O–H groups in total. The van der Waals surface area contributed by atoms with Gasteiger partial charge in [0.05, 0.1) is 117 Å². The molecule has 0 saturated carbocycles. The maximum absolute atomic E-state index is 13.7. The third kappa shape index (κ3) is 47.1. The van der Waals surface area contributed by atoms with Gasteiger partial charge in [-0.2, -0.15) is 9.97 Å². The van der Waals surface area contributed by atoms with Crippen molar-refractivity contribution >= 4 is 64.2 Å². The summed E-state index contributed by atoms with van der Waals surface area (Å²) in [6.07, 6.45) is 7.89. The summed E-state index contributed by atoms with van der Waals surface area (Å²) in [6, 6.07) is 7.44. The molecule has 0 spiro atoms. The molecule has 1 saturated heterocycles. The second-order valence-corrected chi connectivity index (χ2v) is 33.3. The first-order valence-corrected chi connectivity index (χ1v) is 41.7. The highest BCUT2D eigenvalue weighted by atomic mass is 16.6. The Labute approximate surface area is 692 Å². The van der Waals surface area contributed by atoms with Gasteiger partial charge in [-0.1, -0.05) is 37.6 Å². The third-order valence-corrected chi connectivity index (χ3v) is 18.7. The normalized spacial score (nSPS) is 13.5. The van der Waals surface area contributed by atoms with Crippen molar-refractivity contribution < 1.29 is 90.6 Å². The van der Waals surface area contributed by atoms with E-state index in [9.17, 15) is 43.2 Å². The molecule has 0 unspecified atom stereocenters. The molecule has 1 aromatic carbocycles. The van der Waals surface area contributed by atoms with E-state index in [-0.39, 0.29) is 188 Å². The van der Waals surface area contributed by atoms with Crippen LogP contribution in [0.5, 0.6) is 6.01 Å². The fourth-order valence-corrected chi connectivity index (χ4v) is 12.3. The minimum Gasteiger partial charge on any atom is -0.463 e. The van der Waals surface area contributed by atoms with Crippen LogP contribution in [0.25, 0.3) is 11.2 Å². The Balaban J connectivity index is 1.06. The van der Waals surface area contributed by atoms with Gasteiger partial charge in [0.2, 0.25) is 47.3 Å². The third-order valence-electron chi connectivity index (χ3n) is 18.7. The van der Waals surface area contributed by atoms with Crippen LogP contribution in [0.3, 0.4) is 0 Å². The molecule has 0 radical (unpaired) electrons. The molecule has 1 aliphatic heterocycles. The number of aromatic amines is 1. The Morgan fingerprint density at radius 2 is 1.03 bits per heavy atom. The van der Waals surface area contributed by atoms with E-state index >= 15 is 0 Å². The van der Waals surface area contributed by atoms with Crippen LogP contribution in [0.2, 0.25) is 0 Å². The summed E-state index contributed by atoms with van der Waals surface area (Å²) in [5.74, 6) is 3.43. The van der Waals surface area contributed by atoms with E-state index in [4.69, 9.17) is 59.0 Å². The van der Waals surface area contributed by atoms with Crippen LogP contribution in [0.15, 0.2) is 29.1 Å². The number of nitrogens with zero attached hydrogens (tertiary/aromatic N) is 4. The first kappa shape index (κ1) is 102. The van der Waals surface area contributed by atoms with Crippen LogP contribution >= 0.6 is 0 Å². The molecule has 666 valence electrons. The molecule has 1 aliphatic rings. The average molecular weight is 1660 g/mol. The number of nitrogens with two attached hydrogens (primary N) is 2. The number of imidazole rings is 1. The fourth-order valence-electron chi connectivity index (χ4n) is 12.3. The van der Waals surface area contributed by atoms with E-state index in [1.807, 2.05) is 95.2 Å². The molecule has 1 atom stereocenters. The second kappa shape index (κ2) is 55.3. The van der Waals surface area contributed by atoms with Gasteiger partial charge < -0.3 is 101 Å². The number of aromatic nitrogens is 4. The van der Waals surface area contributed by atoms with Crippen molar-refractivity contribution in [2.75, 3.05) is 157 Å². The quantitative estimate of drug-likeness (QED) is 0.0266. The SMILES string of the molecule is CCCCOc1nc(N)c2[nH]c(=O)n(Cc3ccc(CN4CCC(CCNC(=O)[C@H](CCCCNC(=O)CCCC(=O)NCCOCCOCCOCCOCCC(=O)NC(COCCC(=O)NC(C)C)(COCCC(=O)NC(C)(C)CCOC(C)(C)C)COCCC(=O)NC(C)(C)CCOC(C)(C)C)NC(=O)CON)CC4)cc3)c2n1. The molecule has 8 amide bonds. The molecule has 117 heavy (non-hydrogen) atoms. The highest BCUT2D eigenvalue weighted by molar-refractivity contribution is 5.88. The standard InChI is InChI=1S/C82H143N15O20/c1-14-15-40-114-76-91-73(83)72-74(92-76)97(77(106)90-72)55-63-24-22-62(23-25-63)54-96-38-27-61(28-39-96)26-36-87-75(105)64(89-71(104)56-117-84)19-16-17-35-85-65(98)20-18-21-66(99)86-37-47-108-49-51-110-53-52-109-50-48-107-41-30-70(103)95-82(57-111-42-29-67(100)88-60(2)3,58-112-43-31-68(101)93-80(10,11)33-45-115-78(4,5)6)59-113-44-32-69(102)94-81(12,13)34-46-116-79(7,8)9/h22-25,60-61,64H,14-21,26-59,84H2,1-13H3,(H,85,98)(H,86,99)(H,87,105)(H,88,100)(H,89,104)(H,90,106)(H,93,101)(H,94,102)(H,95,103)(H2,83,91,92)/t64-/m0/s1. The van der Waals surface area contributed by atoms with Gasteiger partial charge in [-0.15, -0.1) is 0 Å². The van der Waals surface area contributed by atoms with Crippen LogP contribution in [0.4, 0.5) is 5.82 Å². The molecule has 0 bridgehead atoms. The van der Waals surface area contributed by atoms with Gasteiger partial charge in [0, 0.05) is 95.0 Å². The minimum absolute atomic E-state index is 0.00427. The number of benzene rings is 1. The van der Waals surface area contributed by atoms with Crippen LogP contribution in [-0.4, -0.2) is 263 Å².